The van der Waals surface area contributed by atoms with Gasteiger partial charge in [-0.05, 0) is 61.1 Å². The Bertz CT molecular complexity index is 1070. The highest BCUT2D eigenvalue weighted by atomic mass is 16.5. The van der Waals surface area contributed by atoms with Crippen LogP contribution in [0.1, 0.15) is 86.3 Å². The molecule has 0 radical (unpaired) electrons. The SMILES string of the molecule is CCCCC(C)c1ccc(Oc2ccc(COc3ccc(C(C)=O)c(O)c3CCC)cc2)nc1. The van der Waals surface area contributed by atoms with Crippen LogP contribution in [-0.2, 0) is 13.0 Å². The number of ketones is 1. The van der Waals surface area contributed by atoms with E-state index < -0.39 is 0 Å². The highest BCUT2D eigenvalue weighted by molar-refractivity contribution is 5.97. The maximum Gasteiger partial charge on any atom is 0.219 e. The molecule has 0 saturated carbocycles. The van der Waals surface area contributed by atoms with Gasteiger partial charge in [0, 0.05) is 17.8 Å². The van der Waals surface area contributed by atoms with Crippen molar-refractivity contribution in [3.05, 3.63) is 77.0 Å². The number of hydrogen-bond donors (Lipinski definition) is 1. The number of phenols is 1. The molecule has 1 heterocycles. The molecule has 1 unspecified atom stereocenters. The van der Waals surface area contributed by atoms with Crippen molar-refractivity contribution in [3.63, 3.8) is 0 Å². The van der Waals surface area contributed by atoms with Gasteiger partial charge in [-0.3, -0.25) is 4.79 Å². The Morgan fingerprint density at radius 1 is 1.03 bits per heavy atom. The van der Waals surface area contributed by atoms with Crippen LogP contribution in [0, 0.1) is 0 Å². The van der Waals surface area contributed by atoms with E-state index in [1.807, 2.05) is 43.5 Å². The van der Waals surface area contributed by atoms with Crippen LogP contribution in [0.3, 0.4) is 0 Å². The fraction of sp³-hybridized carbons (Fsp3) is 0.379. The molecular weight excluding hydrogens is 426 g/mol. The van der Waals surface area contributed by atoms with Crippen molar-refractivity contribution in [1.29, 1.82) is 0 Å². The number of benzene rings is 2. The number of rotatable bonds is 12. The second-order valence-electron chi connectivity index (χ2n) is 8.75. The summed E-state index contributed by atoms with van der Waals surface area (Å²) in [6.07, 6.45) is 6.97. The number of phenolic OH excluding ortho intramolecular Hbond substituents is 1. The average Bonchev–Trinajstić information content (AvgIpc) is 2.84. The highest BCUT2D eigenvalue weighted by Gasteiger charge is 2.16. The van der Waals surface area contributed by atoms with Gasteiger partial charge in [-0.25, -0.2) is 4.98 Å². The number of nitrogens with zero attached hydrogens (tertiary/aromatic N) is 1. The standard InChI is InChI=1S/C29H35NO4/c1-5-7-9-20(3)23-12-17-28(30-18-23)34-24-13-10-22(11-14-24)19-33-27-16-15-25(21(4)31)29(32)26(27)8-6-2/h10-18,20,32H,5-9,19H2,1-4H3. The second-order valence-corrected chi connectivity index (χ2v) is 8.75. The van der Waals surface area contributed by atoms with Gasteiger partial charge in [0.15, 0.2) is 5.78 Å². The Balaban J connectivity index is 1.61. The Kier molecular flexibility index (Phi) is 9.08. The van der Waals surface area contributed by atoms with E-state index in [0.29, 0.717) is 47.5 Å². The first-order valence-electron chi connectivity index (χ1n) is 12.1. The molecule has 5 heteroatoms. The predicted molar refractivity (Wildman–Crippen MR) is 135 cm³/mol. The van der Waals surface area contributed by atoms with Gasteiger partial charge < -0.3 is 14.6 Å². The van der Waals surface area contributed by atoms with Crippen molar-refractivity contribution in [2.24, 2.45) is 0 Å². The van der Waals surface area contributed by atoms with Crippen LogP contribution in [0.4, 0.5) is 0 Å². The van der Waals surface area contributed by atoms with Gasteiger partial charge in [0.25, 0.3) is 0 Å². The van der Waals surface area contributed by atoms with Crippen molar-refractivity contribution in [2.75, 3.05) is 0 Å². The molecule has 0 bridgehead atoms. The summed E-state index contributed by atoms with van der Waals surface area (Å²) in [4.78, 5) is 16.2. The second kappa shape index (κ2) is 12.2. The van der Waals surface area contributed by atoms with E-state index in [9.17, 15) is 9.90 Å². The topological polar surface area (TPSA) is 68.7 Å². The molecule has 3 aromatic rings. The molecule has 0 aliphatic carbocycles. The molecule has 3 rings (SSSR count). The molecule has 0 fully saturated rings. The molecule has 1 aromatic heterocycles. The summed E-state index contributed by atoms with van der Waals surface area (Å²) >= 11 is 0. The van der Waals surface area contributed by atoms with E-state index in [1.165, 1.54) is 31.7 Å². The first kappa shape index (κ1) is 25.3. The van der Waals surface area contributed by atoms with E-state index in [1.54, 1.807) is 12.1 Å². The number of aromatic nitrogens is 1. The maximum absolute atomic E-state index is 11.7. The molecule has 0 saturated heterocycles. The molecule has 1 N–H and O–H groups in total. The zero-order valence-corrected chi connectivity index (χ0v) is 20.6. The molecule has 2 aromatic carbocycles. The summed E-state index contributed by atoms with van der Waals surface area (Å²) in [6.45, 7) is 8.27. The lowest BCUT2D eigenvalue weighted by atomic mass is 9.97. The van der Waals surface area contributed by atoms with Gasteiger partial charge in [-0.15, -0.1) is 0 Å². The molecule has 0 aliphatic rings. The summed E-state index contributed by atoms with van der Waals surface area (Å²) < 4.78 is 11.9. The van der Waals surface area contributed by atoms with Crippen molar-refractivity contribution < 1.29 is 19.4 Å². The molecule has 0 spiro atoms. The maximum atomic E-state index is 11.7. The normalized spacial score (nSPS) is 11.8. The Labute approximate surface area is 202 Å². The monoisotopic (exact) mass is 461 g/mol. The smallest absolute Gasteiger partial charge is 0.219 e. The zero-order valence-electron chi connectivity index (χ0n) is 20.6. The highest BCUT2D eigenvalue weighted by Crippen LogP contribution is 2.33. The molecule has 5 nitrogen and oxygen atoms in total. The number of ether oxygens (including phenoxy) is 2. The van der Waals surface area contributed by atoms with Gasteiger partial charge in [0.05, 0.1) is 5.56 Å². The van der Waals surface area contributed by atoms with Crippen molar-refractivity contribution in [3.8, 4) is 23.1 Å². The van der Waals surface area contributed by atoms with Gasteiger partial charge in [-0.2, -0.15) is 0 Å². The van der Waals surface area contributed by atoms with E-state index >= 15 is 0 Å². The molecule has 34 heavy (non-hydrogen) atoms. The lowest BCUT2D eigenvalue weighted by Crippen LogP contribution is -2.02. The Morgan fingerprint density at radius 2 is 1.79 bits per heavy atom. The number of unbranched alkanes of at least 4 members (excludes halogenated alkanes) is 1. The zero-order chi connectivity index (χ0) is 24.5. The summed E-state index contributed by atoms with van der Waals surface area (Å²) in [6, 6.07) is 15.1. The Hall–Kier alpha value is -3.34. The first-order chi connectivity index (χ1) is 16.4. The summed E-state index contributed by atoms with van der Waals surface area (Å²) in [5.41, 5.74) is 3.21. The van der Waals surface area contributed by atoms with Crippen LogP contribution in [0.2, 0.25) is 0 Å². The van der Waals surface area contributed by atoms with Crippen LogP contribution in [-0.4, -0.2) is 15.9 Å². The van der Waals surface area contributed by atoms with Gasteiger partial charge in [0.1, 0.15) is 23.9 Å². The number of carbonyl (C=O) groups is 1. The molecule has 180 valence electrons. The number of carbonyl (C=O) groups excluding carboxylic acids is 1. The van der Waals surface area contributed by atoms with E-state index in [0.717, 1.165) is 12.0 Å². The minimum Gasteiger partial charge on any atom is -0.507 e. The van der Waals surface area contributed by atoms with Crippen molar-refractivity contribution >= 4 is 5.78 Å². The fourth-order valence-electron chi connectivity index (χ4n) is 3.88. The van der Waals surface area contributed by atoms with Crippen LogP contribution < -0.4 is 9.47 Å². The van der Waals surface area contributed by atoms with E-state index in [4.69, 9.17) is 9.47 Å². The van der Waals surface area contributed by atoms with Crippen LogP contribution in [0.5, 0.6) is 23.1 Å². The number of hydrogen-bond acceptors (Lipinski definition) is 5. The van der Waals surface area contributed by atoms with Crippen LogP contribution in [0.15, 0.2) is 54.7 Å². The number of pyridine rings is 1. The first-order valence-corrected chi connectivity index (χ1v) is 12.1. The number of aromatic hydroxyl groups is 1. The molecule has 0 amide bonds. The minimum absolute atomic E-state index is 0.0221. The third-order valence-electron chi connectivity index (χ3n) is 5.98. The summed E-state index contributed by atoms with van der Waals surface area (Å²) in [7, 11) is 0. The fourth-order valence-corrected chi connectivity index (χ4v) is 3.88. The minimum atomic E-state index is -0.160. The summed E-state index contributed by atoms with van der Waals surface area (Å²) in [5.74, 6) is 2.24. The van der Waals surface area contributed by atoms with Crippen molar-refractivity contribution in [2.45, 2.75) is 72.3 Å². The third-order valence-corrected chi connectivity index (χ3v) is 5.98. The quantitative estimate of drug-likeness (QED) is 0.281. The van der Waals surface area contributed by atoms with Gasteiger partial charge in [-0.1, -0.05) is 58.2 Å². The van der Waals surface area contributed by atoms with E-state index in [2.05, 4.69) is 24.9 Å². The predicted octanol–water partition coefficient (Wildman–Crippen LogP) is 7.61. The lowest BCUT2D eigenvalue weighted by Gasteiger charge is -2.15. The molecular formula is C29H35NO4. The third kappa shape index (κ3) is 6.60. The van der Waals surface area contributed by atoms with Gasteiger partial charge >= 0.3 is 0 Å². The lowest BCUT2D eigenvalue weighted by molar-refractivity contribution is 0.101. The molecule has 1 atom stereocenters. The van der Waals surface area contributed by atoms with Gasteiger partial charge in [0.2, 0.25) is 5.88 Å². The average molecular weight is 462 g/mol. The Morgan fingerprint density at radius 3 is 2.41 bits per heavy atom. The summed E-state index contributed by atoms with van der Waals surface area (Å²) in [5, 5.41) is 10.5. The van der Waals surface area contributed by atoms with Crippen LogP contribution in [0.25, 0.3) is 0 Å². The van der Waals surface area contributed by atoms with Crippen LogP contribution >= 0.6 is 0 Å². The molecule has 0 aliphatic heterocycles. The van der Waals surface area contributed by atoms with E-state index in [-0.39, 0.29) is 11.5 Å². The largest absolute Gasteiger partial charge is 0.507 e. The van der Waals surface area contributed by atoms with Crippen molar-refractivity contribution in [1.82, 2.24) is 4.98 Å². The number of Topliss-reactive ketones (excluding diaryl/α,β-unsaturated/α-hetero) is 1.